The molecule has 0 radical (unpaired) electrons. The van der Waals surface area contributed by atoms with E-state index in [1.807, 2.05) is 18.2 Å². The minimum atomic E-state index is -4.21. The summed E-state index contributed by atoms with van der Waals surface area (Å²) in [5.74, 6) is -0.378. The molecule has 182 valence electrons. The van der Waals surface area contributed by atoms with Gasteiger partial charge in [0, 0.05) is 43.0 Å². The van der Waals surface area contributed by atoms with Crippen LogP contribution in [-0.4, -0.2) is 34.2 Å². The molecule has 1 aliphatic heterocycles. The highest BCUT2D eigenvalue weighted by Crippen LogP contribution is 2.40. The monoisotopic (exact) mass is 540 g/mol. The van der Waals surface area contributed by atoms with Crippen LogP contribution in [0.1, 0.15) is 22.6 Å². The first-order valence-corrected chi connectivity index (χ1v) is 13.0. The molecule has 0 saturated heterocycles. The predicted octanol–water partition coefficient (Wildman–Crippen LogP) is 5.70. The second-order valence-electron chi connectivity index (χ2n) is 8.25. The van der Waals surface area contributed by atoms with Crippen LogP contribution in [0.15, 0.2) is 84.1 Å². The molecule has 11 heteroatoms. The number of para-hydroxylation sites is 1. The first kappa shape index (κ1) is 24.3. The van der Waals surface area contributed by atoms with Crippen LogP contribution in [0.3, 0.4) is 0 Å². The van der Waals surface area contributed by atoms with Crippen molar-refractivity contribution in [1.82, 2.24) is 14.3 Å². The number of fused-ring (bicyclic) bond motifs is 1. The number of nitro benzene ring substituents is 1. The molecule has 3 aromatic carbocycles. The number of nitrogens with zero attached hydrogens (tertiary/aromatic N) is 4. The molecule has 0 aliphatic carbocycles. The van der Waals surface area contributed by atoms with Crippen LogP contribution in [-0.2, 0) is 16.6 Å². The Morgan fingerprint density at radius 2 is 1.81 bits per heavy atom. The summed E-state index contributed by atoms with van der Waals surface area (Å²) in [6.45, 7) is 0.111. The summed E-state index contributed by atoms with van der Waals surface area (Å²) in [6.07, 6.45) is 4.78. The fourth-order valence-corrected chi connectivity index (χ4v) is 6.31. The standard InChI is InChI=1S/C25H18Cl2N4O4S/c26-21-8-6-16(12-22(21)27)20-15-30(36(34,35)25-4-2-1-3-24(25)31(32)33)14-18-11-17(5-7-19(18)20)23-13-28-9-10-29-23/h1-13,20H,14-15H2. The number of hydrogen-bond acceptors (Lipinski definition) is 6. The normalized spacial score (nSPS) is 15.9. The lowest BCUT2D eigenvalue weighted by Crippen LogP contribution is -2.38. The Labute approximate surface area is 217 Å². The Kier molecular flexibility index (Phi) is 6.48. The highest BCUT2D eigenvalue weighted by molar-refractivity contribution is 7.89. The molecule has 0 amide bonds. The molecular weight excluding hydrogens is 523 g/mol. The van der Waals surface area contributed by atoms with E-state index in [4.69, 9.17) is 23.2 Å². The van der Waals surface area contributed by atoms with Crippen LogP contribution in [0.2, 0.25) is 10.0 Å². The van der Waals surface area contributed by atoms with Crippen molar-refractivity contribution in [2.45, 2.75) is 17.4 Å². The van der Waals surface area contributed by atoms with E-state index < -0.39 is 20.6 Å². The number of rotatable bonds is 5. The van der Waals surface area contributed by atoms with Gasteiger partial charge < -0.3 is 0 Å². The predicted molar refractivity (Wildman–Crippen MR) is 136 cm³/mol. The highest BCUT2D eigenvalue weighted by atomic mass is 35.5. The Bertz CT molecular complexity index is 1580. The topological polar surface area (TPSA) is 106 Å². The third kappa shape index (κ3) is 4.46. The van der Waals surface area contributed by atoms with Crippen molar-refractivity contribution in [2.75, 3.05) is 6.54 Å². The van der Waals surface area contributed by atoms with Gasteiger partial charge in [0.1, 0.15) is 0 Å². The number of benzene rings is 3. The molecule has 0 N–H and O–H groups in total. The van der Waals surface area contributed by atoms with Crippen molar-refractivity contribution in [1.29, 1.82) is 0 Å². The summed E-state index contributed by atoms with van der Waals surface area (Å²) >= 11 is 12.4. The molecule has 1 aliphatic rings. The zero-order valence-corrected chi connectivity index (χ0v) is 20.9. The van der Waals surface area contributed by atoms with E-state index in [1.165, 1.54) is 28.6 Å². The zero-order chi connectivity index (χ0) is 25.4. The third-order valence-corrected chi connectivity index (χ3v) is 8.73. The average molecular weight is 541 g/mol. The molecule has 0 bridgehead atoms. The van der Waals surface area contributed by atoms with Gasteiger partial charge in [0.25, 0.3) is 5.69 Å². The van der Waals surface area contributed by atoms with E-state index in [0.717, 1.165) is 22.3 Å². The minimum Gasteiger partial charge on any atom is -0.261 e. The number of hydrogen-bond donors (Lipinski definition) is 0. The second kappa shape index (κ2) is 9.59. The number of halogens is 2. The van der Waals surface area contributed by atoms with Crippen molar-refractivity contribution in [3.05, 3.63) is 116 Å². The maximum Gasteiger partial charge on any atom is 0.289 e. The van der Waals surface area contributed by atoms with Gasteiger partial charge in [-0.3, -0.25) is 20.1 Å². The van der Waals surface area contributed by atoms with Crippen LogP contribution in [0.25, 0.3) is 11.3 Å². The van der Waals surface area contributed by atoms with Crippen molar-refractivity contribution in [2.24, 2.45) is 0 Å². The van der Waals surface area contributed by atoms with Gasteiger partial charge in [-0.1, -0.05) is 53.5 Å². The lowest BCUT2D eigenvalue weighted by atomic mass is 9.84. The van der Waals surface area contributed by atoms with Gasteiger partial charge in [-0.15, -0.1) is 0 Å². The van der Waals surface area contributed by atoms with Gasteiger partial charge in [-0.05, 0) is 41.0 Å². The number of sulfonamides is 1. The molecule has 0 saturated carbocycles. The molecule has 1 aromatic heterocycles. The van der Waals surface area contributed by atoms with Crippen molar-refractivity contribution < 1.29 is 13.3 Å². The maximum atomic E-state index is 13.7. The summed E-state index contributed by atoms with van der Waals surface area (Å²) in [6, 6.07) is 16.3. The van der Waals surface area contributed by atoms with E-state index in [0.29, 0.717) is 15.7 Å². The van der Waals surface area contributed by atoms with Crippen LogP contribution in [0.5, 0.6) is 0 Å². The fraction of sp³-hybridized carbons (Fsp3) is 0.120. The quantitative estimate of drug-likeness (QED) is 0.237. The van der Waals surface area contributed by atoms with Gasteiger partial charge >= 0.3 is 0 Å². The molecule has 8 nitrogen and oxygen atoms in total. The van der Waals surface area contributed by atoms with Crippen LogP contribution in [0, 0.1) is 10.1 Å². The maximum absolute atomic E-state index is 13.7. The molecule has 0 fully saturated rings. The van der Waals surface area contributed by atoms with Crippen molar-refractivity contribution in [3.63, 3.8) is 0 Å². The Morgan fingerprint density at radius 3 is 2.53 bits per heavy atom. The molecule has 4 aromatic rings. The molecule has 5 rings (SSSR count). The van der Waals surface area contributed by atoms with E-state index >= 15 is 0 Å². The Morgan fingerprint density at radius 1 is 1.00 bits per heavy atom. The van der Waals surface area contributed by atoms with Gasteiger partial charge in [-0.2, -0.15) is 4.31 Å². The minimum absolute atomic E-state index is 0.0373. The zero-order valence-electron chi connectivity index (χ0n) is 18.6. The summed E-state index contributed by atoms with van der Waals surface area (Å²) in [5, 5.41) is 12.3. The molecule has 2 heterocycles. The number of aromatic nitrogens is 2. The smallest absolute Gasteiger partial charge is 0.261 e. The third-order valence-electron chi connectivity index (χ3n) is 6.14. The summed E-state index contributed by atoms with van der Waals surface area (Å²) in [7, 11) is -4.21. The van der Waals surface area contributed by atoms with Crippen molar-refractivity contribution in [3.8, 4) is 11.3 Å². The Balaban J connectivity index is 1.65. The second-order valence-corrected chi connectivity index (χ2v) is 11.0. The SMILES string of the molecule is O=[N+]([O-])c1ccccc1S(=O)(=O)N1Cc2cc(-c3cnccn3)ccc2C(c2ccc(Cl)c(Cl)c2)C1. The molecular formula is C25H18Cl2N4O4S. The molecule has 0 spiro atoms. The van der Waals surface area contributed by atoms with E-state index in [1.54, 1.807) is 36.8 Å². The largest absolute Gasteiger partial charge is 0.289 e. The van der Waals surface area contributed by atoms with E-state index in [-0.39, 0.29) is 23.9 Å². The lowest BCUT2D eigenvalue weighted by Gasteiger charge is -2.34. The van der Waals surface area contributed by atoms with E-state index in [9.17, 15) is 18.5 Å². The van der Waals surface area contributed by atoms with Gasteiger partial charge in [0.2, 0.25) is 10.0 Å². The first-order valence-electron chi connectivity index (χ1n) is 10.8. The van der Waals surface area contributed by atoms with Crippen LogP contribution in [0.4, 0.5) is 5.69 Å². The lowest BCUT2D eigenvalue weighted by molar-refractivity contribution is -0.387. The first-order chi connectivity index (χ1) is 17.3. The fourth-order valence-electron chi connectivity index (χ4n) is 4.41. The van der Waals surface area contributed by atoms with Crippen LogP contribution >= 0.6 is 23.2 Å². The summed E-state index contributed by atoms with van der Waals surface area (Å²) in [5.41, 5.74) is 3.41. The van der Waals surface area contributed by atoms with Crippen LogP contribution < -0.4 is 0 Å². The summed E-state index contributed by atoms with van der Waals surface area (Å²) in [4.78, 5) is 19.0. The molecule has 1 atom stereocenters. The average Bonchev–Trinajstić information content (AvgIpc) is 2.89. The van der Waals surface area contributed by atoms with E-state index in [2.05, 4.69) is 9.97 Å². The highest BCUT2D eigenvalue weighted by Gasteiger charge is 2.37. The molecule has 1 unspecified atom stereocenters. The Hall–Kier alpha value is -3.37. The number of nitro groups is 1. The van der Waals surface area contributed by atoms with Gasteiger partial charge in [0.05, 0.1) is 26.9 Å². The van der Waals surface area contributed by atoms with Gasteiger partial charge in [-0.25, -0.2) is 8.42 Å². The van der Waals surface area contributed by atoms with Crippen molar-refractivity contribution >= 4 is 38.9 Å². The molecule has 36 heavy (non-hydrogen) atoms. The summed E-state index contributed by atoms with van der Waals surface area (Å²) < 4.78 is 28.7. The van der Waals surface area contributed by atoms with Gasteiger partial charge in [0.15, 0.2) is 4.90 Å².